The highest BCUT2D eigenvalue weighted by molar-refractivity contribution is 7.98. The summed E-state index contributed by atoms with van der Waals surface area (Å²) in [6.45, 7) is 5.92. The van der Waals surface area contributed by atoms with Crippen LogP contribution in [-0.2, 0) is 9.53 Å². The van der Waals surface area contributed by atoms with Crippen molar-refractivity contribution in [3.05, 3.63) is 35.4 Å². The molecular weight excluding hydrogens is 322 g/mol. The maximum Gasteiger partial charge on any atom is 0.237 e. The van der Waals surface area contributed by atoms with E-state index in [4.69, 9.17) is 10.5 Å². The molecule has 2 unspecified atom stereocenters. The summed E-state index contributed by atoms with van der Waals surface area (Å²) >= 11 is 1.71. The molecule has 6 heteroatoms. The molecule has 1 saturated heterocycles. The number of nitrogens with one attached hydrogen (secondary N) is 1. The fraction of sp³-hybridized carbons (Fsp3) is 0.611. The van der Waals surface area contributed by atoms with E-state index in [1.54, 1.807) is 11.8 Å². The Hall–Kier alpha value is -1.08. The number of ether oxygens (including phenoxy) is 1. The number of nitrogens with zero attached hydrogens (tertiary/aromatic N) is 1. The second kappa shape index (κ2) is 10.0. The van der Waals surface area contributed by atoms with Gasteiger partial charge in [-0.05, 0) is 30.9 Å². The first-order valence-corrected chi connectivity index (χ1v) is 9.91. The van der Waals surface area contributed by atoms with Crippen LogP contribution in [0, 0.1) is 6.92 Å². The number of carbonyl (C=O) groups is 1. The Bertz CT molecular complexity index is 521. The highest BCUT2D eigenvalue weighted by Crippen LogP contribution is 2.22. The standard InChI is InChI=1S/C18H29N3O2S/c1-14-4-3-5-15(12-14)17(21-7-9-23-10-8-21)13-20-18(22)16(19)6-11-24-2/h3-5,12,16-17H,6-11,13,19H2,1-2H3,(H,20,22). The van der Waals surface area contributed by atoms with Crippen LogP contribution in [0.2, 0.25) is 0 Å². The number of carbonyl (C=O) groups excluding carboxylic acids is 1. The second-order valence-corrected chi connectivity index (χ2v) is 7.20. The van der Waals surface area contributed by atoms with Gasteiger partial charge in [-0.15, -0.1) is 0 Å². The number of benzene rings is 1. The van der Waals surface area contributed by atoms with Gasteiger partial charge >= 0.3 is 0 Å². The first-order chi connectivity index (χ1) is 11.6. The molecule has 0 spiro atoms. The van der Waals surface area contributed by atoms with E-state index in [2.05, 4.69) is 41.4 Å². The molecule has 1 heterocycles. The molecule has 2 atom stereocenters. The van der Waals surface area contributed by atoms with Gasteiger partial charge in [-0.25, -0.2) is 0 Å². The predicted molar refractivity (Wildman–Crippen MR) is 100 cm³/mol. The van der Waals surface area contributed by atoms with Crippen LogP contribution in [0.4, 0.5) is 0 Å². The highest BCUT2D eigenvalue weighted by Gasteiger charge is 2.24. The lowest BCUT2D eigenvalue weighted by molar-refractivity contribution is -0.122. The van der Waals surface area contributed by atoms with Gasteiger partial charge in [0.15, 0.2) is 0 Å². The first kappa shape index (κ1) is 19.2. The lowest BCUT2D eigenvalue weighted by Gasteiger charge is -2.35. The van der Waals surface area contributed by atoms with Crippen LogP contribution in [-0.4, -0.2) is 61.7 Å². The number of rotatable bonds is 8. The summed E-state index contributed by atoms with van der Waals surface area (Å²) in [6, 6.07) is 8.22. The quantitative estimate of drug-likeness (QED) is 0.744. The molecule has 1 aromatic rings. The number of aryl methyl sites for hydroxylation is 1. The minimum atomic E-state index is -0.430. The largest absolute Gasteiger partial charge is 0.379 e. The number of nitrogens with two attached hydrogens (primary N) is 1. The minimum Gasteiger partial charge on any atom is -0.379 e. The Morgan fingerprint density at radius 3 is 2.83 bits per heavy atom. The molecule has 5 nitrogen and oxygen atoms in total. The van der Waals surface area contributed by atoms with E-state index < -0.39 is 6.04 Å². The minimum absolute atomic E-state index is 0.0602. The summed E-state index contributed by atoms with van der Waals surface area (Å²) in [4.78, 5) is 14.6. The molecule has 3 N–H and O–H groups in total. The maximum atomic E-state index is 12.2. The zero-order valence-corrected chi connectivity index (χ0v) is 15.5. The van der Waals surface area contributed by atoms with E-state index in [0.29, 0.717) is 13.0 Å². The molecule has 1 aliphatic rings. The van der Waals surface area contributed by atoms with Crippen LogP contribution in [0.15, 0.2) is 24.3 Å². The topological polar surface area (TPSA) is 67.6 Å². The molecule has 0 radical (unpaired) electrons. The second-order valence-electron chi connectivity index (χ2n) is 6.21. The molecule has 0 aliphatic carbocycles. The van der Waals surface area contributed by atoms with E-state index >= 15 is 0 Å². The average molecular weight is 352 g/mol. The third-order valence-electron chi connectivity index (χ3n) is 4.35. The Labute approximate surface area is 149 Å². The van der Waals surface area contributed by atoms with Crippen LogP contribution in [0.3, 0.4) is 0 Å². The summed E-state index contributed by atoms with van der Waals surface area (Å²) in [5.41, 5.74) is 8.43. The van der Waals surface area contributed by atoms with Crippen molar-refractivity contribution in [3.8, 4) is 0 Å². The van der Waals surface area contributed by atoms with Gasteiger partial charge in [-0.1, -0.05) is 29.8 Å². The Morgan fingerprint density at radius 2 is 2.17 bits per heavy atom. The molecule has 0 bridgehead atoms. The predicted octanol–water partition coefficient (Wildman–Crippen LogP) is 1.56. The summed E-state index contributed by atoms with van der Waals surface area (Å²) < 4.78 is 5.47. The highest BCUT2D eigenvalue weighted by atomic mass is 32.2. The number of hydrogen-bond donors (Lipinski definition) is 2. The van der Waals surface area contributed by atoms with Crippen LogP contribution >= 0.6 is 11.8 Å². The average Bonchev–Trinajstić information content (AvgIpc) is 2.60. The maximum absolute atomic E-state index is 12.2. The van der Waals surface area contributed by atoms with Crippen molar-refractivity contribution in [1.29, 1.82) is 0 Å². The lowest BCUT2D eigenvalue weighted by atomic mass is 10.0. The molecule has 0 saturated carbocycles. The molecule has 2 rings (SSSR count). The molecule has 1 aliphatic heterocycles. The van der Waals surface area contributed by atoms with E-state index in [1.807, 2.05) is 6.26 Å². The smallest absolute Gasteiger partial charge is 0.237 e. The SMILES string of the molecule is CSCCC(N)C(=O)NCC(c1cccc(C)c1)N1CCOCC1. The van der Waals surface area contributed by atoms with Gasteiger partial charge in [0.2, 0.25) is 5.91 Å². The van der Waals surface area contributed by atoms with Crippen molar-refractivity contribution in [1.82, 2.24) is 10.2 Å². The van der Waals surface area contributed by atoms with Gasteiger partial charge in [0.25, 0.3) is 0 Å². The summed E-state index contributed by atoms with van der Waals surface area (Å²) in [5.74, 6) is 0.842. The van der Waals surface area contributed by atoms with Crippen molar-refractivity contribution in [2.24, 2.45) is 5.73 Å². The fourth-order valence-corrected chi connectivity index (χ4v) is 3.42. The summed E-state index contributed by atoms with van der Waals surface area (Å²) in [5, 5.41) is 3.05. The zero-order chi connectivity index (χ0) is 17.4. The summed E-state index contributed by atoms with van der Waals surface area (Å²) in [6.07, 6.45) is 2.73. The van der Waals surface area contributed by atoms with Gasteiger partial charge in [0, 0.05) is 19.6 Å². The third kappa shape index (κ3) is 5.77. The van der Waals surface area contributed by atoms with E-state index in [-0.39, 0.29) is 11.9 Å². The summed E-state index contributed by atoms with van der Waals surface area (Å²) in [7, 11) is 0. The first-order valence-electron chi connectivity index (χ1n) is 8.52. The van der Waals surface area contributed by atoms with Gasteiger partial charge in [-0.2, -0.15) is 11.8 Å². The van der Waals surface area contributed by atoms with Gasteiger partial charge in [0.05, 0.1) is 25.3 Å². The Kier molecular flexibility index (Phi) is 8.05. The van der Waals surface area contributed by atoms with Gasteiger partial charge in [-0.3, -0.25) is 9.69 Å². The molecule has 0 aromatic heterocycles. The fourth-order valence-electron chi connectivity index (χ4n) is 2.93. The van der Waals surface area contributed by atoms with Crippen LogP contribution in [0.1, 0.15) is 23.6 Å². The lowest BCUT2D eigenvalue weighted by Crippen LogP contribution is -2.47. The Balaban J connectivity index is 2.01. The van der Waals surface area contributed by atoms with Crippen LogP contribution in [0.5, 0.6) is 0 Å². The number of hydrogen-bond acceptors (Lipinski definition) is 5. The molecule has 24 heavy (non-hydrogen) atoms. The Morgan fingerprint density at radius 1 is 1.42 bits per heavy atom. The molecule has 134 valence electrons. The zero-order valence-electron chi connectivity index (χ0n) is 14.7. The van der Waals surface area contributed by atoms with Crippen LogP contribution < -0.4 is 11.1 Å². The third-order valence-corrected chi connectivity index (χ3v) is 5.00. The van der Waals surface area contributed by atoms with Gasteiger partial charge < -0.3 is 15.8 Å². The van der Waals surface area contributed by atoms with Crippen molar-refractivity contribution >= 4 is 17.7 Å². The number of morpholine rings is 1. The van der Waals surface area contributed by atoms with E-state index in [1.165, 1.54) is 11.1 Å². The molecule has 1 amide bonds. The van der Waals surface area contributed by atoms with Crippen molar-refractivity contribution in [2.75, 3.05) is 44.9 Å². The molecule has 1 aromatic carbocycles. The van der Waals surface area contributed by atoms with Crippen molar-refractivity contribution in [3.63, 3.8) is 0 Å². The van der Waals surface area contributed by atoms with Crippen molar-refractivity contribution < 1.29 is 9.53 Å². The number of amides is 1. The van der Waals surface area contributed by atoms with Gasteiger partial charge in [0.1, 0.15) is 0 Å². The van der Waals surface area contributed by atoms with Crippen molar-refractivity contribution in [2.45, 2.75) is 25.4 Å². The van der Waals surface area contributed by atoms with Crippen LogP contribution in [0.25, 0.3) is 0 Å². The molecule has 1 fully saturated rings. The van der Waals surface area contributed by atoms with E-state index in [0.717, 1.165) is 32.1 Å². The monoisotopic (exact) mass is 351 g/mol. The molecular formula is C18H29N3O2S. The normalized spacial score (nSPS) is 18.1. The number of thioether (sulfide) groups is 1. The van der Waals surface area contributed by atoms with E-state index in [9.17, 15) is 4.79 Å².